The number of aliphatic hydroxyl groups is 1. The van der Waals surface area contributed by atoms with Crippen LogP contribution in [0.5, 0.6) is 5.75 Å². The Hall–Kier alpha value is -5.80. The summed E-state index contributed by atoms with van der Waals surface area (Å²) < 4.78 is 10.4. The van der Waals surface area contributed by atoms with E-state index >= 15 is 0 Å². The third-order valence-electron chi connectivity index (χ3n) is 9.42. The standard InChI is InChI=1S/C39H48N6O9/c1-39(2,3)45(19-11-18-31(45)35(41)49)37(51)34(48)29(20-25-12-6-4-7-13-25)44-36(50)30(22-32(40)46)43-33(47)24-53-28-17-10-16-27(21-28)42-38(52)54-23-26-14-8-5-9-15-26/h4-10,12-17,21,29-31,34,48H,11,18-20,22-24H2,1-3H3,(H6-,40,41,42,43,44,46,47,49,50,52)/p+1/t29-,30-,31-,34-,45?/m0/s1. The molecule has 1 aliphatic rings. The minimum absolute atomic E-state index is 0.00457. The van der Waals surface area contributed by atoms with Gasteiger partial charge in [0, 0.05) is 24.6 Å². The molecule has 3 aromatic rings. The highest BCUT2D eigenvalue weighted by atomic mass is 16.5. The number of likely N-dealkylation sites (tertiary alicyclic amines) is 1. The Kier molecular flexibility index (Phi) is 13.9. The van der Waals surface area contributed by atoms with E-state index in [4.69, 9.17) is 20.9 Å². The molecule has 4 rings (SSSR count). The lowest BCUT2D eigenvalue weighted by atomic mass is 9.93. The minimum atomic E-state index is -1.81. The summed E-state index contributed by atoms with van der Waals surface area (Å²) in [5.41, 5.74) is 12.2. The highest BCUT2D eigenvalue weighted by Gasteiger charge is 2.60. The van der Waals surface area contributed by atoms with Crippen molar-refractivity contribution in [2.24, 2.45) is 11.5 Å². The molecule has 288 valence electrons. The van der Waals surface area contributed by atoms with Crippen LogP contribution in [0.1, 0.15) is 51.2 Å². The van der Waals surface area contributed by atoms with E-state index in [1.54, 1.807) is 69.3 Å². The van der Waals surface area contributed by atoms with E-state index in [1.807, 2.05) is 30.3 Å². The molecule has 3 aromatic carbocycles. The maximum atomic E-state index is 14.3. The first-order valence-electron chi connectivity index (χ1n) is 17.6. The molecule has 0 bridgehead atoms. The molecule has 0 radical (unpaired) electrons. The monoisotopic (exact) mass is 745 g/mol. The first-order chi connectivity index (χ1) is 25.6. The van der Waals surface area contributed by atoms with Crippen LogP contribution in [0.25, 0.3) is 0 Å². The Balaban J connectivity index is 1.45. The number of hydrogen-bond donors (Lipinski definition) is 6. The second-order valence-corrected chi connectivity index (χ2v) is 14.2. The number of nitrogens with two attached hydrogens (primary N) is 2. The number of quaternary nitrogens is 1. The zero-order valence-electron chi connectivity index (χ0n) is 30.7. The van der Waals surface area contributed by atoms with Crippen molar-refractivity contribution >= 4 is 41.3 Å². The maximum Gasteiger partial charge on any atom is 0.411 e. The number of nitrogens with one attached hydrogen (secondary N) is 3. The second-order valence-electron chi connectivity index (χ2n) is 14.2. The predicted octanol–water partition coefficient (Wildman–Crippen LogP) is 2.05. The molecule has 1 heterocycles. The van der Waals surface area contributed by atoms with Gasteiger partial charge in [-0.25, -0.2) is 14.1 Å². The summed E-state index contributed by atoms with van der Waals surface area (Å²) in [5, 5.41) is 19.4. The maximum absolute atomic E-state index is 14.3. The molecule has 0 aromatic heterocycles. The van der Waals surface area contributed by atoms with Crippen LogP contribution in [0.2, 0.25) is 0 Å². The van der Waals surface area contributed by atoms with E-state index < -0.39 is 82.9 Å². The van der Waals surface area contributed by atoms with Crippen LogP contribution in [0.4, 0.5) is 10.5 Å². The fourth-order valence-electron chi connectivity index (χ4n) is 6.80. The molecular weight excluding hydrogens is 696 g/mol. The smallest absolute Gasteiger partial charge is 0.411 e. The van der Waals surface area contributed by atoms with Crippen molar-refractivity contribution < 1.29 is 47.8 Å². The normalized spacial score (nSPS) is 18.3. The fraction of sp³-hybridized carbons (Fsp3) is 0.385. The molecule has 0 aliphatic carbocycles. The van der Waals surface area contributed by atoms with E-state index in [-0.39, 0.29) is 25.3 Å². The average Bonchev–Trinajstić information content (AvgIpc) is 3.60. The molecule has 15 heteroatoms. The lowest BCUT2D eigenvalue weighted by Crippen LogP contribution is -2.72. The van der Waals surface area contributed by atoms with Gasteiger partial charge >= 0.3 is 12.0 Å². The van der Waals surface area contributed by atoms with Gasteiger partial charge in [0.2, 0.25) is 11.8 Å². The summed E-state index contributed by atoms with van der Waals surface area (Å²) >= 11 is 0. The van der Waals surface area contributed by atoms with Gasteiger partial charge in [0.15, 0.2) is 18.8 Å². The van der Waals surface area contributed by atoms with E-state index in [9.17, 15) is 33.9 Å². The fourth-order valence-corrected chi connectivity index (χ4v) is 6.80. The molecule has 6 amide bonds. The number of nitrogens with zero attached hydrogens (tertiary/aromatic N) is 1. The highest BCUT2D eigenvalue weighted by molar-refractivity contribution is 5.93. The highest BCUT2D eigenvalue weighted by Crippen LogP contribution is 2.38. The van der Waals surface area contributed by atoms with Gasteiger partial charge in [0.05, 0.1) is 24.5 Å². The number of carbonyl (C=O) groups is 6. The summed E-state index contributed by atoms with van der Waals surface area (Å²) in [7, 11) is 0. The number of primary amides is 2. The quantitative estimate of drug-likeness (QED) is 0.118. The van der Waals surface area contributed by atoms with Crippen molar-refractivity contribution in [3.8, 4) is 5.75 Å². The SMILES string of the molecule is CC(C)(C)[N+]1(C(=O)[C@@H](O)[C@H](Cc2ccccc2)NC(=O)[C@H](CC(N)=O)NC(=O)COc2cccc(NC(=O)OCc3ccccc3)c2)CCC[C@H]1C(N)=O. The van der Waals surface area contributed by atoms with Gasteiger partial charge in [0.1, 0.15) is 18.4 Å². The minimum Gasteiger partial charge on any atom is -0.484 e. The van der Waals surface area contributed by atoms with Gasteiger partial charge in [-0.15, -0.1) is 0 Å². The molecule has 5 atom stereocenters. The van der Waals surface area contributed by atoms with Crippen LogP contribution < -0.4 is 32.2 Å². The Morgan fingerprint density at radius 2 is 1.54 bits per heavy atom. The zero-order chi connectivity index (χ0) is 39.5. The van der Waals surface area contributed by atoms with Crippen LogP contribution in [0, 0.1) is 0 Å². The van der Waals surface area contributed by atoms with Gasteiger partial charge < -0.3 is 36.7 Å². The molecule has 15 nitrogen and oxygen atoms in total. The van der Waals surface area contributed by atoms with Gasteiger partial charge in [-0.1, -0.05) is 66.7 Å². The van der Waals surface area contributed by atoms with Gasteiger partial charge in [-0.3, -0.25) is 24.5 Å². The Bertz CT molecular complexity index is 1800. The first kappa shape index (κ1) is 41.0. The summed E-state index contributed by atoms with van der Waals surface area (Å²) in [6.45, 7) is 5.11. The summed E-state index contributed by atoms with van der Waals surface area (Å²) in [6, 6.07) is 20.5. The average molecular weight is 746 g/mol. The number of anilines is 1. The molecular formula is C39H49N6O9+. The van der Waals surface area contributed by atoms with Crippen LogP contribution >= 0.6 is 0 Å². The first-order valence-corrected chi connectivity index (χ1v) is 17.6. The van der Waals surface area contributed by atoms with Crippen LogP contribution in [0.3, 0.4) is 0 Å². The molecule has 1 aliphatic heterocycles. The molecule has 0 saturated carbocycles. The van der Waals surface area contributed by atoms with E-state index in [1.165, 1.54) is 6.07 Å². The third kappa shape index (κ3) is 10.6. The molecule has 1 saturated heterocycles. The van der Waals surface area contributed by atoms with Crippen molar-refractivity contribution in [3.05, 3.63) is 96.1 Å². The van der Waals surface area contributed by atoms with Gasteiger partial charge in [-0.2, -0.15) is 0 Å². The zero-order valence-corrected chi connectivity index (χ0v) is 30.7. The lowest BCUT2D eigenvalue weighted by Gasteiger charge is -2.47. The van der Waals surface area contributed by atoms with Crippen molar-refractivity contribution in [1.29, 1.82) is 0 Å². The second kappa shape index (κ2) is 18.3. The van der Waals surface area contributed by atoms with Crippen molar-refractivity contribution in [2.75, 3.05) is 18.5 Å². The predicted molar refractivity (Wildman–Crippen MR) is 198 cm³/mol. The molecule has 8 N–H and O–H groups in total. The van der Waals surface area contributed by atoms with Crippen LogP contribution in [-0.4, -0.2) is 88.1 Å². The van der Waals surface area contributed by atoms with E-state index in [2.05, 4.69) is 16.0 Å². The summed E-state index contributed by atoms with van der Waals surface area (Å²) in [4.78, 5) is 78.0. The van der Waals surface area contributed by atoms with Crippen molar-refractivity contribution in [3.63, 3.8) is 0 Å². The Morgan fingerprint density at radius 3 is 2.15 bits per heavy atom. The topological polar surface area (TPSA) is 229 Å². The van der Waals surface area contributed by atoms with Crippen molar-refractivity contribution in [1.82, 2.24) is 10.6 Å². The number of rotatable bonds is 16. The van der Waals surface area contributed by atoms with E-state index in [0.717, 1.165) is 5.56 Å². The third-order valence-corrected chi connectivity index (χ3v) is 9.42. The van der Waals surface area contributed by atoms with Gasteiger partial charge in [0.25, 0.3) is 11.8 Å². The van der Waals surface area contributed by atoms with Crippen LogP contribution in [0.15, 0.2) is 84.9 Å². The molecule has 0 spiro atoms. The van der Waals surface area contributed by atoms with E-state index in [0.29, 0.717) is 24.1 Å². The van der Waals surface area contributed by atoms with Gasteiger partial charge in [-0.05, 0) is 50.5 Å². The number of aliphatic hydroxyl groups excluding tert-OH is 1. The molecule has 1 fully saturated rings. The molecule has 1 unspecified atom stereocenters. The Morgan fingerprint density at radius 1 is 0.889 bits per heavy atom. The largest absolute Gasteiger partial charge is 0.484 e. The number of hydrogen-bond acceptors (Lipinski definition) is 9. The molecule has 54 heavy (non-hydrogen) atoms. The lowest BCUT2D eigenvalue weighted by molar-refractivity contribution is -0.904. The summed E-state index contributed by atoms with van der Waals surface area (Å²) in [5.74, 6) is -3.71. The van der Waals surface area contributed by atoms with Crippen molar-refractivity contribution in [2.45, 2.75) is 82.8 Å². The Labute approximate surface area is 313 Å². The number of amides is 6. The number of ether oxygens (including phenoxy) is 2. The number of benzene rings is 3. The number of carbonyl (C=O) groups excluding carboxylic acids is 6. The summed E-state index contributed by atoms with van der Waals surface area (Å²) in [6.07, 6.45) is -2.23. The van der Waals surface area contributed by atoms with Crippen LogP contribution in [-0.2, 0) is 41.7 Å².